The second kappa shape index (κ2) is 9.41. The second-order valence-electron chi connectivity index (χ2n) is 7.90. The predicted octanol–water partition coefficient (Wildman–Crippen LogP) is 2.64. The summed E-state index contributed by atoms with van der Waals surface area (Å²) >= 11 is 0. The minimum atomic E-state index is -0.279. The molecule has 0 radical (unpaired) electrons. The van der Waals surface area contributed by atoms with E-state index in [1.54, 1.807) is 12.1 Å². The van der Waals surface area contributed by atoms with Crippen LogP contribution in [-0.4, -0.2) is 60.3 Å². The Labute approximate surface area is 191 Å². The highest BCUT2D eigenvalue weighted by Crippen LogP contribution is 2.36. The number of carbonyl (C=O) groups excluding carboxylic acids is 1. The van der Waals surface area contributed by atoms with Gasteiger partial charge in [0.25, 0.3) is 5.91 Å². The summed E-state index contributed by atoms with van der Waals surface area (Å²) in [7, 11) is 0. The number of piperazine rings is 1. The Balaban J connectivity index is 1.33. The number of carbonyl (C=O) groups is 1. The first-order chi connectivity index (χ1) is 16.2. The maximum atomic E-state index is 14.3. The van der Waals surface area contributed by atoms with Crippen molar-refractivity contribution >= 4 is 11.6 Å². The number of ether oxygens (including phenoxy) is 2. The number of fused-ring (bicyclic) bond motifs is 1. The quantitative estimate of drug-likeness (QED) is 0.620. The normalized spacial score (nSPS) is 16.5. The van der Waals surface area contributed by atoms with E-state index in [-0.39, 0.29) is 30.3 Å². The van der Waals surface area contributed by atoms with Gasteiger partial charge in [-0.05, 0) is 29.8 Å². The van der Waals surface area contributed by atoms with Crippen LogP contribution in [0.3, 0.4) is 0 Å². The van der Waals surface area contributed by atoms with Gasteiger partial charge in [0, 0.05) is 45.1 Å². The lowest BCUT2D eigenvalue weighted by Gasteiger charge is -2.40. The predicted molar refractivity (Wildman–Crippen MR) is 120 cm³/mol. The van der Waals surface area contributed by atoms with E-state index in [0.717, 1.165) is 5.56 Å². The number of halogens is 1. The summed E-state index contributed by atoms with van der Waals surface area (Å²) in [4.78, 5) is 25.0. The Morgan fingerprint density at radius 1 is 1.06 bits per heavy atom. The van der Waals surface area contributed by atoms with Crippen LogP contribution in [0.5, 0.6) is 11.5 Å². The molecule has 8 nitrogen and oxygen atoms in total. The third kappa shape index (κ3) is 4.58. The Kier molecular flexibility index (Phi) is 6.03. The van der Waals surface area contributed by atoms with Crippen LogP contribution in [0.2, 0.25) is 0 Å². The number of anilines is 1. The zero-order chi connectivity index (χ0) is 22.6. The van der Waals surface area contributed by atoms with E-state index < -0.39 is 0 Å². The number of amides is 1. The fourth-order valence-corrected chi connectivity index (χ4v) is 4.26. The first kappa shape index (κ1) is 21.1. The number of aromatic nitrogens is 2. The molecule has 0 spiro atoms. The smallest absolute Gasteiger partial charge is 0.271 e. The first-order valence-electron chi connectivity index (χ1n) is 10.9. The van der Waals surface area contributed by atoms with Gasteiger partial charge in [-0.15, -0.1) is 0 Å². The van der Waals surface area contributed by atoms with Gasteiger partial charge in [-0.1, -0.05) is 18.2 Å². The van der Waals surface area contributed by atoms with Crippen LogP contribution < -0.4 is 19.7 Å². The van der Waals surface area contributed by atoms with Crippen LogP contribution in [0.25, 0.3) is 0 Å². The largest absolute Gasteiger partial charge is 0.454 e. The Morgan fingerprint density at radius 3 is 2.67 bits per heavy atom. The molecule has 2 aliphatic rings. The summed E-state index contributed by atoms with van der Waals surface area (Å²) in [5.41, 5.74) is 1.90. The standard InChI is InChI=1S/C24H24FN5O3/c25-18-3-1-2-4-20(18)29-9-11-30(12-10-29)21(15-28-24(31)19-14-26-7-8-27-19)17-5-6-22-23(13-17)33-16-32-22/h1-8,13-14,21H,9-12,15-16H2,(H,28,31)/t21-/m1/s1. The number of hydrogen-bond acceptors (Lipinski definition) is 7. The number of nitrogens with zero attached hydrogens (tertiary/aromatic N) is 4. The molecule has 1 amide bonds. The summed E-state index contributed by atoms with van der Waals surface area (Å²) in [6, 6.07) is 12.6. The van der Waals surface area contributed by atoms with Gasteiger partial charge < -0.3 is 19.7 Å². The lowest BCUT2D eigenvalue weighted by Crippen LogP contribution is -2.50. The molecule has 2 aliphatic heterocycles. The van der Waals surface area contributed by atoms with Crippen molar-refractivity contribution in [2.24, 2.45) is 0 Å². The lowest BCUT2D eigenvalue weighted by molar-refractivity contribution is 0.0924. The molecule has 1 atom stereocenters. The number of rotatable bonds is 6. The molecule has 0 saturated carbocycles. The summed E-state index contributed by atoms with van der Waals surface area (Å²) in [6.45, 7) is 3.38. The Hall–Kier alpha value is -3.72. The molecular weight excluding hydrogens is 425 g/mol. The molecule has 2 aromatic carbocycles. The minimum Gasteiger partial charge on any atom is -0.454 e. The van der Waals surface area contributed by atoms with Gasteiger partial charge >= 0.3 is 0 Å². The van der Waals surface area contributed by atoms with Crippen molar-refractivity contribution < 1.29 is 18.7 Å². The summed E-state index contributed by atoms with van der Waals surface area (Å²) < 4.78 is 25.3. The van der Waals surface area contributed by atoms with E-state index >= 15 is 0 Å². The van der Waals surface area contributed by atoms with Crippen LogP contribution >= 0.6 is 0 Å². The molecule has 0 bridgehead atoms. The van der Waals surface area contributed by atoms with E-state index in [9.17, 15) is 9.18 Å². The average molecular weight is 449 g/mol. The molecule has 5 rings (SSSR count). The van der Waals surface area contributed by atoms with Crippen LogP contribution in [0.15, 0.2) is 61.1 Å². The van der Waals surface area contributed by atoms with E-state index in [0.29, 0.717) is 49.9 Å². The van der Waals surface area contributed by atoms with Crippen LogP contribution in [-0.2, 0) is 0 Å². The zero-order valence-corrected chi connectivity index (χ0v) is 18.0. The van der Waals surface area contributed by atoms with Crippen molar-refractivity contribution in [3.8, 4) is 11.5 Å². The number of nitrogens with one attached hydrogen (secondary N) is 1. The second-order valence-corrected chi connectivity index (χ2v) is 7.90. The molecule has 9 heteroatoms. The number of para-hydroxylation sites is 1. The van der Waals surface area contributed by atoms with Crippen LogP contribution in [0.1, 0.15) is 22.1 Å². The molecular formula is C24H24FN5O3. The molecule has 0 aliphatic carbocycles. The third-order valence-corrected chi connectivity index (χ3v) is 5.98. The molecule has 1 saturated heterocycles. The monoisotopic (exact) mass is 449 g/mol. The van der Waals surface area contributed by atoms with Crippen molar-refractivity contribution in [3.63, 3.8) is 0 Å². The summed E-state index contributed by atoms with van der Waals surface area (Å²) in [6.07, 6.45) is 4.46. The molecule has 1 fully saturated rings. The molecule has 33 heavy (non-hydrogen) atoms. The Bertz CT molecular complexity index is 1120. The SMILES string of the molecule is O=C(NC[C@H](c1ccc2c(c1)OCO2)N1CCN(c2ccccc2F)CC1)c1cnccn1. The van der Waals surface area contributed by atoms with Crippen molar-refractivity contribution in [3.05, 3.63) is 78.1 Å². The topological polar surface area (TPSA) is 79.8 Å². The fraction of sp³-hybridized carbons (Fsp3) is 0.292. The molecule has 1 N–H and O–H groups in total. The maximum absolute atomic E-state index is 14.3. The van der Waals surface area contributed by atoms with Gasteiger partial charge in [-0.2, -0.15) is 0 Å². The molecule has 1 aromatic heterocycles. The molecule has 3 heterocycles. The molecule has 170 valence electrons. The van der Waals surface area contributed by atoms with Crippen molar-refractivity contribution in [1.29, 1.82) is 0 Å². The van der Waals surface area contributed by atoms with E-state index in [1.165, 1.54) is 24.7 Å². The van der Waals surface area contributed by atoms with Crippen LogP contribution in [0, 0.1) is 5.82 Å². The minimum absolute atomic E-state index is 0.0945. The van der Waals surface area contributed by atoms with Crippen molar-refractivity contribution in [2.75, 3.05) is 44.4 Å². The van der Waals surface area contributed by atoms with Crippen molar-refractivity contribution in [2.45, 2.75) is 6.04 Å². The number of hydrogen-bond donors (Lipinski definition) is 1. The highest BCUT2D eigenvalue weighted by molar-refractivity contribution is 5.91. The van der Waals surface area contributed by atoms with Gasteiger partial charge in [0.1, 0.15) is 11.5 Å². The highest BCUT2D eigenvalue weighted by Gasteiger charge is 2.28. The lowest BCUT2D eigenvalue weighted by atomic mass is 10.0. The van der Waals surface area contributed by atoms with Gasteiger partial charge in [0.15, 0.2) is 11.5 Å². The zero-order valence-electron chi connectivity index (χ0n) is 18.0. The average Bonchev–Trinajstić information content (AvgIpc) is 3.33. The summed E-state index contributed by atoms with van der Waals surface area (Å²) in [5, 5.41) is 2.99. The Morgan fingerprint density at radius 2 is 1.88 bits per heavy atom. The van der Waals surface area contributed by atoms with Gasteiger partial charge in [0.05, 0.1) is 17.9 Å². The van der Waals surface area contributed by atoms with E-state index in [1.807, 2.05) is 24.3 Å². The van der Waals surface area contributed by atoms with Gasteiger partial charge in [-0.3, -0.25) is 14.7 Å². The highest BCUT2D eigenvalue weighted by atomic mass is 19.1. The maximum Gasteiger partial charge on any atom is 0.271 e. The fourth-order valence-electron chi connectivity index (χ4n) is 4.26. The molecule has 3 aromatic rings. The first-order valence-corrected chi connectivity index (χ1v) is 10.9. The van der Waals surface area contributed by atoms with Gasteiger partial charge in [0.2, 0.25) is 6.79 Å². The molecule has 0 unspecified atom stereocenters. The van der Waals surface area contributed by atoms with Crippen molar-refractivity contribution in [1.82, 2.24) is 20.2 Å². The van der Waals surface area contributed by atoms with Crippen LogP contribution in [0.4, 0.5) is 10.1 Å². The van der Waals surface area contributed by atoms with Gasteiger partial charge in [-0.25, -0.2) is 9.37 Å². The van der Waals surface area contributed by atoms with E-state index in [2.05, 4.69) is 25.1 Å². The third-order valence-electron chi connectivity index (χ3n) is 5.98. The summed E-state index contributed by atoms with van der Waals surface area (Å²) in [5.74, 6) is 0.918. The number of benzene rings is 2. The van der Waals surface area contributed by atoms with E-state index in [4.69, 9.17) is 9.47 Å².